The van der Waals surface area contributed by atoms with Crippen LogP contribution in [0.15, 0.2) is 48.5 Å². The fraction of sp³-hybridized carbons (Fsp3) is 0.625. The van der Waals surface area contributed by atoms with Gasteiger partial charge in [0.1, 0.15) is 0 Å². The van der Waals surface area contributed by atoms with Crippen molar-refractivity contribution in [3.63, 3.8) is 0 Å². The molecule has 12 heteroatoms. The second-order valence-corrected chi connectivity index (χ2v) is 15.1. The number of nitrogens with zero attached hydrogens (tertiary/aromatic N) is 2. The van der Waals surface area contributed by atoms with E-state index in [0.29, 0.717) is 24.2 Å². The molecule has 2 unspecified atom stereocenters. The third kappa shape index (κ3) is 16.2. The van der Waals surface area contributed by atoms with Crippen LogP contribution >= 0.6 is 0 Å². The van der Waals surface area contributed by atoms with E-state index >= 15 is 0 Å². The Hall–Kier alpha value is -2.22. The van der Waals surface area contributed by atoms with Crippen LogP contribution in [-0.4, -0.2) is 88.6 Å². The average Bonchev–Trinajstić information content (AvgIpc) is 2.95. The summed E-state index contributed by atoms with van der Waals surface area (Å²) < 4.78 is 50.3. The third-order valence-electron chi connectivity index (χ3n) is 7.69. The Morgan fingerprint density at radius 3 is 1.18 bits per heavy atom. The predicted molar refractivity (Wildman–Crippen MR) is 181 cm³/mol. The molecule has 4 N–H and O–H groups in total. The van der Waals surface area contributed by atoms with Gasteiger partial charge in [0.05, 0.1) is 24.7 Å². The monoisotopic (exact) mass is 654 g/mol. The van der Waals surface area contributed by atoms with Crippen molar-refractivity contribution in [2.24, 2.45) is 0 Å². The summed E-state index contributed by atoms with van der Waals surface area (Å²) in [5, 5.41) is 21.1. The van der Waals surface area contributed by atoms with E-state index in [9.17, 15) is 27.0 Å². The first kappa shape index (κ1) is 38.0. The SMILES string of the molecule is CCN(CCCCCCN(CC)CCCC(O)c1ccc(NS(C)(=O)=O)cc1)CCCC(O)c1ccc(NS(C)(=O)=O)cc1. The zero-order valence-electron chi connectivity index (χ0n) is 26.9. The van der Waals surface area contributed by atoms with Crippen molar-refractivity contribution >= 4 is 31.4 Å². The Morgan fingerprint density at radius 2 is 0.886 bits per heavy atom. The number of sulfonamides is 2. The largest absolute Gasteiger partial charge is 0.388 e. The van der Waals surface area contributed by atoms with Crippen LogP contribution in [-0.2, 0) is 20.0 Å². The lowest BCUT2D eigenvalue weighted by Crippen LogP contribution is -2.27. The Bertz CT molecular complexity index is 1190. The summed E-state index contributed by atoms with van der Waals surface area (Å²) in [5.74, 6) is 0. The van der Waals surface area contributed by atoms with E-state index in [-0.39, 0.29) is 0 Å². The standard InChI is InChI=1S/C32H54N4O6S2/c1-5-35(25-11-13-31(37)27-15-19-29(20-16-27)33-43(3,39)40)23-9-7-8-10-24-36(6-2)26-12-14-32(38)28-17-21-30(22-18-28)34-44(4,41)42/h15-22,31-34,37-38H,5-14,23-26H2,1-4H3. The minimum absolute atomic E-state index is 0.491. The maximum atomic E-state index is 11.4. The summed E-state index contributed by atoms with van der Waals surface area (Å²) in [6.45, 7) is 10.3. The topological polar surface area (TPSA) is 139 Å². The summed E-state index contributed by atoms with van der Waals surface area (Å²) in [6.07, 6.45) is 8.89. The van der Waals surface area contributed by atoms with Gasteiger partial charge in [-0.3, -0.25) is 9.44 Å². The van der Waals surface area contributed by atoms with Crippen molar-refractivity contribution in [3.05, 3.63) is 59.7 Å². The van der Waals surface area contributed by atoms with Crippen molar-refractivity contribution in [3.8, 4) is 0 Å². The molecule has 0 aliphatic heterocycles. The van der Waals surface area contributed by atoms with Gasteiger partial charge in [-0.05, 0) is 113 Å². The van der Waals surface area contributed by atoms with E-state index in [1.807, 2.05) is 0 Å². The Labute approximate surface area is 266 Å². The van der Waals surface area contributed by atoms with Crippen molar-refractivity contribution < 1.29 is 27.0 Å². The lowest BCUT2D eigenvalue weighted by Gasteiger charge is -2.22. The fourth-order valence-electron chi connectivity index (χ4n) is 5.21. The molecule has 2 atom stereocenters. The van der Waals surface area contributed by atoms with Gasteiger partial charge in [-0.15, -0.1) is 0 Å². The van der Waals surface area contributed by atoms with Crippen molar-refractivity contribution in [1.82, 2.24) is 9.80 Å². The molecular weight excluding hydrogens is 601 g/mol. The fourth-order valence-corrected chi connectivity index (χ4v) is 6.33. The molecule has 0 bridgehead atoms. The smallest absolute Gasteiger partial charge is 0.229 e. The first-order chi connectivity index (χ1) is 20.8. The number of benzene rings is 2. The van der Waals surface area contributed by atoms with Crippen molar-refractivity contribution in [2.75, 3.05) is 61.2 Å². The molecule has 0 saturated carbocycles. The lowest BCUT2D eigenvalue weighted by atomic mass is 10.0. The third-order valence-corrected chi connectivity index (χ3v) is 8.91. The van der Waals surface area contributed by atoms with Crippen LogP contribution in [0.3, 0.4) is 0 Å². The number of rotatable bonds is 23. The van der Waals surface area contributed by atoms with Gasteiger partial charge in [0.25, 0.3) is 0 Å². The molecule has 0 amide bonds. The minimum atomic E-state index is -3.31. The maximum absolute atomic E-state index is 11.4. The van der Waals surface area contributed by atoms with Gasteiger partial charge in [0.15, 0.2) is 0 Å². The highest BCUT2D eigenvalue weighted by atomic mass is 32.2. The van der Waals surface area contributed by atoms with E-state index in [4.69, 9.17) is 0 Å². The molecule has 250 valence electrons. The average molecular weight is 655 g/mol. The predicted octanol–water partition coefficient (Wildman–Crippen LogP) is 4.96. The second-order valence-electron chi connectivity index (χ2n) is 11.6. The first-order valence-electron chi connectivity index (χ1n) is 15.8. The molecule has 0 spiro atoms. The summed E-state index contributed by atoms with van der Waals surface area (Å²) >= 11 is 0. The van der Waals surface area contributed by atoms with Crippen LogP contribution in [0.1, 0.15) is 88.5 Å². The van der Waals surface area contributed by atoms with Crippen molar-refractivity contribution in [1.29, 1.82) is 0 Å². The van der Waals surface area contributed by atoms with Gasteiger partial charge >= 0.3 is 0 Å². The number of hydrogen-bond donors (Lipinski definition) is 4. The summed E-state index contributed by atoms with van der Waals surface area (Å²) in [6, 6.07) is 13.8. The number of aliphatic hydroxyl groups is 2. The molecule has 0 fully saturated rings. The van der Waals surface area contributed by atoms with E-state index in [0.717, 1.165) is 88.6 Å². The van der Waals surface area contributed by atoms with E-state index in [1.54, 1.807) is 48.5 Å². The molecule has 2 aromatic carbocycles. The van der Waals surface area contributed by atoms with Crippen molar-refractivity contribution in [2.45, 2.75) is 77.4 Å². The lowest BCUT2D eigenvalue weighted by molar-refractivity contribution is 0.154. The quantitative estimate of drug-likeness (QED) is 0.123. The van der Waals surface area contributed by atoms with Gasteiger partial charge in [-0.2, -0.15) is 0 Å². The van der Waals surface area contributed by atoms with Gasteiger partial charge in [0, 0.05) is 11.4 Å². The molecular formula is C32H54N4O6S2. The summed E-state index contributed by atoms with van der Waals surface area (Å²) in [5.41, 5.74) is 2.57. The molecule has 2 rings (SSSR count). The highest BCUT2D eigenvalue weighted by Crippen LogP contribution is 2.22. The van der Waals surface area contributed by atoms with E-state index in [1.165, 1.54) is 12.8 Å². The zero-order chi connectivity index (χ0) is 32.6. The number of hydrogen-bond acceptors (Lipinski definition) is 8. The van der Waals surface area contributed by atoms with Crippen LogP contribution in [0.25, 0.3) is 0 Å². The summed E-state index contributed by atoms with van der Waals surface area (Å²) in [7, 11) is -6.63. The Kier molecular flexibility index (Phi) is 16.7. The molecule has 0 radical (unpaired) electrons. The molecule has 0 aliphatic carbocycles. The van der Waals surface area contributed by atoms with Gasteiger partial charge in [-0.25, -0.2) is 16.8 Å². The van der Waals surface area contributed by atoms with Gasteiger partial charge in [0.2, 0.25) is 20.0 Å². The van der Waals surface area contributed by atoms with E-state index in [2.05, 4.69) is 33.1 Å². The highest BCUT2D eigenvalue weighted by molar-refractivity contribution is 7.92. The van der Waals surface area contributed by atoms with Crippen LogP contribution in [0.4, 0.5) is 11.4 Å². The number of anilines is 2. The van der Waals surface area contributed by atoms with Crippen LogP contribution in [0.5, 0.6) is 0 Å². The summed E-state index contributed by atoms with van der Waals surface area (Å²) in [4.78, 5) is 4.87. The molecule has 0 heterocycles. The number of unbranched alkanes of at least 4 members (excludes halogenated alkanes) is 3. The zero-order valence-corrected chi connectivity index (χ0v) is 28.5. The molecule has 0 aromatic heterocycles. The Morgan fingerprint density at radius 1 is 0.568 bits per heavy atom. The number of aliphatic hydroxyl groups excluding tert-OH is 2. The van der Waals surface area contributed by atoms with Crippen LogP contribution in [0, 0.1) is 0 Å². The highest BCUT2D eigenvalue weighted by Gasteiger charge is 2.12. The molecule has 0 saturated heterocycles. The normalized spacial score (nSPS) is 13.7. The van der Waals surface area contributed by atoms with E-state index < -0.39 is 32.3 Å². The molecule has 2 aromatic rings. The van der Waals surface area contributed by atoms with Gasteiger partial charge < -0.3 is 20.0 Å². The molecule has 10 nitrogen and oxygen atoms in total. The van der Waals surface area contributed by atoms with Gasteiger partial charge in [-0.1, -0.05) is 51.0 Å². The first-order valence-corrected chi connectivity index (χ1v) is 19.5. The minimum Gasteiger partial charge on any atom is -0.388 e. The second kappa shape index (κ2) is 19.3. The maximum Gasteiger partial charge on any atom is 0.229 e. The van der Waals surface area contributed by atoms with Crippen LogP contribution < -0.4 is 9.44 Å². The van der Waals surface area contributed by atoms with Crippen LogP contribution in [0.2, 0.25) is 0 Å². The Balaban J connectivity index is 1.57. The molecule has 44 heavy (non-hydrogen) atoms. The molecule has 0 aliphatic rings. The number of nitrogens with one attached hydrogen (secondary N) is 2.